The van der Waals surface area contributed by atoms with Gasteiger partial charge < -0.3 is 10.6 Å². The smallest absolute Gasteiger partial charge is 0.247 e. The number of amides is 2. The molecule has 3 N–H and O–H groups in total. The SMILES string of the molecule is CC(=O)NC(C(=O)Nc1cccc(-c2ccn[nH]2)c1)C(C)C. The molecule has 1 unspecified atom stereocenters. The number of carbonyl (C=O) groups excluding carboxylic acids is 2. The van der Waals surface area contributed by atoms with Crippen molar-refractivity contribution >= 4 is 17.5 Å². The van der Waals surface area contributed by atoms with Crippen molar-refractivity contribution in [3.8, 4) is 11.3 Å². The minimum Gasteiger partial charge on any atom is -0.344 e. The van der Waals surface area contributed by atoms with E-state index >= 15 is 0 Å². The molecule has 1 heterocycles. The van der Waals surface area contributed by atoms with E-state index in [-0.39, 0.29) is 17.7 Å². The fourth-order valence-electron chi connectivity index (χ4n) is 2.16. The standard InChI is InChI=1S/C16H20N4O2/c1-10(2)15(18-11(3)21)16(22)19-13-6-4-5-12(9-13)14-7-8-17-20-14/h4-10,15H,1-3H3,(H,17,20)(H,18,21)(H,19,22). The monoisotopic (exact) mass is 300 g/mol. The molecule has 6 heteroatoms. The van der Waals surface area contributed by atoms with Crippen LogP contribution < -0.4 is 10.6 Å². The van der Waals surface area contributed by atoms with Crippen molar-refractivity contribution in [2.75, 3.05) is 5.32 Å². The van der Waals surface area contributed by atoms with Crippen LogP contribution in [0.2, 0.25) is 0 Å². The Kier molecular flexibility index (Phi) is 4.93. The highest BCUT2D eigenvalue weighted by Gasteiger charge is 2.23. The fraction of sp³-hybridized carbons (Fsp3) is 0.312. The maximum atomic E-state index is 12.3. The first kappa shape index (κ1) is 15.8. The number of hydrogen-bond acceptors (Lipinski definition) is 3. The summed E-state index contributed by atoms with van der Waals surface area (Å²) in [4.78, 5) is 23.6. The lowest BCUT2D eigenvalue weighted by atomic mass is 10.0. The molecule has 0 radical (unpaired) electrons. The summed E-state index contributed by atoms with van der Waals surface area (Å²) in [7, 11) is 0. The molecule has 1 aromatic heterocycles. The molecule has 0 fully saturated rings. The van der Waals surface area contributed by atoms with Gasteiger partial charge in [-0.3, -0.25) is 14.7 Å². The molecular formula is C16H20N4O2. The summed E-state index contributed by atoms with van der Waals surface area (Å²) in [5.41, 5.74) is 2.47. The van der Waals surface area contributed by atoms with Gasteiger partial charge in [-0.05, 0) is 24.1 Å². The van der Waals surface area contributed by atoms with Crippen LogP contribution in [-0.2, 0) is 9.59 Å². The molecule has 0 spiro atoms. The molecule has 0 aliphatic heterocycles. The van der Waals surface area contributed by atoms with Gasteiger partial charge in [0.1, 0.15) is 6.04 Å². The first-order chi connectivity index (χ1) is 10.5. The number of hydrogen-bond donors (Lipinski definition) is 3. The Hall–Kier alpha value is -2.63. The van der Waals surface area contributed by atoms with E-state index in [1.165, 1.54) is 6.92 Å². The zero-order valence-electron chi connectivity index (χ0n) is 12.9. The van der Waals surface area contributed by atoms with E-state index in [0.29, 0.717) is 5.69 Å². The predicted molar refractivity (Wildman–Crippen MR) is 85.1 cm³/mol. The Bertz CT molecular complexity index is 650. The van der Waals surface area contributed by atoms with E-state index in [4.69, 9.17) is 0 Å². The number of anilines is 1. The molecule has 6 nitrogen and oxygen atoms in total. The van der Waals surface area contributed by atoms with Crippen molar-refractivity contribution in [2.24, 2.45) is 5.92 Å². The zero-order valence-corrected chi connectivity index (χ0v) is 12.9. The minimum atomic E-state index is -0.562. The predicted octanol–water partition coefficient (Wildman–Crippen LogP) is 2.18. The van der Waals surface area contributed by atoms with Crippen molar-refractivity contribution in [1.29, 1.82) is 0 Å². The van der Waals surface area contributed by atoms with Crippen molar-refractivity contribution in [1.82, 2.24) is 15.5 Å². The van der Waals surface area contributed by atoms with Gasteiger partial charge in [0.2, 0.25) is 11.8 Å². The molecule has 0 bridgehead atoms. The third-order valence-electron chi connectivity index (χ3n) is 3.25. The number of nitrogens with zero attached hydrogens (tertiary/aromatic N) is 1. The van der Waals surface area contributed by atoms with E-state index in [9.17, 15) is 9.59 Å². The summed E-state index contributed by atoms with van der Waals surface area (Å²) in [6, 6.07) is 8.74. The summed E-state index contributed by atoms with van der Waals surface area (Å²) in [5, 5.41) is 12.3. The summed E-state index contributed by atoms with van der Waals surface area (Å²) in [6.07, 6.45) is 1.67. The minimum absolute atomic E-state index is 0.000287. The summed E-state index contributed by atoms with van der Waals surface area (Å²) in [5.74, 6) is -0.452. The van der Waals surface area contributed by atoms with Crippen LogP contribution >= 0.6 is 0 Å². The molecular weight excluding hydrogens is 280 g/mol. The van der Waals surface area contributed by atoms with Gasteiger partial charge in [0.25, 0.3) is 0 Å². The number of aromatic nitrogens is 2. The summed E-state index contributed by atoms with van der Waals surface area (Å²) < 4.78 is 0. The van der Waals surface area contributed by atoms with Gasteiger partial charge in [-0.1, -0.05) is 26.0 Å². The maximum Gasteiger partial charge on any atom is 0.247 e. The lowest BCUT2D eigenvalue weighted by molar-refractivity contribution is -0.126. The first-order valence-corrected chi connectivity index (χ1v) is 7.15. The second-order valence-corrected chi connectivity index (χ2v) is 5.46. The van der Waals surface area contributed by atoms with Crippen LogP contribution in [0.3, 0.4) is 0 Å². The average Bonchev–Trinajstić information content (AvgIpc) is 2.98. The molecule has 1 atom stereocenters. The van der Waals surface area contributed by atoms with Gasteiger partial charge in [-0.15, -0.1) is 0 Å². The van der Waals surface area contributed by atoms with E-state index < -0.39 is 6.04 Å². The Morgan fingerprint density at radius 1 is 1.23 bits per heavy atom. The highest BCUT2D eigenvalue weighted by molar-refractivity contribution is 5.97. The largest absolute Gasteiger partial charge is 0.344 e. The van der Waals surface area contributed by atoms with Crippen LogP contribution in [0.15, 0.2) is 36.5 Å². The number of benzene rings is 1. The van der Waals surface area contributed by atoms with E-state index in [1.807, 2.05) is 44.2 Å². The highest BCUT2D eigenvalue weighted by atomic mass is 16.2. The highest BCUT2D eigenvalue weighted by Crippen LogP contribution is 2.20. The van der Waals surface area contributed by atoms with Crippen LogP contribution in [0.1, 0.15) is 20.8 Å². The number of aromatic amines is 1. The molecule has 2 rings (SSSR count). The van der Waals surface area contributed by atoms with Gasteiger partial charge in [-0.2, -0.15) is 5.10 Å². The molecule has 0 saturated heterocycles. The third-order valence-corrected chi connectivity index (χ3v) is 3.25. The molecule has 2 aromatic rings. The normalized spacial score (nSPS) is 12.0. The molecule has 116 valence electrons. The second kappa shape index (κ2) is 6.89. The van der Waals surface area contributed by atoms with Crippen LogP contribution in [0.25, 0.3) is 11.3 Å². The Morgan fingerprint density at radius 2 is 2.00 bits per heavy atom. The van der Waals surface area contributed by atoms with Crippen molar-refractivity contribution in [3.63, 3.8) is 0 Å². The summed E-state index contributed by atoms with van der Waals surface area (Å²) in [6.45, 7) is 5.18. The lowest BCUT2D eigenvalue weighted by Crippen LogP contribution is -2.46. The molecule has 0 aliphatic rings. The Morgan fingerprint density at radius 3 is 2.59 bits per heavy atom. The number of carbonyl (C=O) groups is 2. The molecule has 0 aliphatic carbocycles. The van der Waals surface area contributed by atoms with Gasteiger partial charge >= 0.3 is 0 Å². The van der Waals surface area contributed by atoms with Crippen LogP contribution in [-0.4, -0.2) is 28.1 Å². The fourth-order valence-corrected chi connectivity index (χ4v) is 2.16. The van der Waals surface area contributed by atoms with Crippen molar-refractivity contribution in [3.05, 3.63) is 36.5 Å². The average molecular weight is 300 g/mol. The molecule has 1 aromatic carbocycles. The lowest BCUT2D eigenvalue weighted by Gasteiger charge is -2.21. The summed E-state index contributed by atoms with van der Waals surface area (Å²) >= 11 is 0. The maximum absolute atomic E-state index is 12.3. The Balaban J connectivity index is 2.14. The van der Waals surface area contributed by atoms with Crippen LogP contribution in [0.5, 0.6) is 0 Å². The van der Waals surface area contributed by atoms with Crippen molar-refractivity contribution in [2.45, 2.75) is 26.8 Å². The number of H-pyrrole nitrogens is 1. The Labute approximate surface area is 129 Å². The molecule has 0 saturated carbocycles. The topological polar surface area (TPSA) is 86.9 Å². The van der Waals surface area contributed by atoms with Gasteiger partial charge in [0.05, 0.1) is 5.69 Å². The number of rotatable bonds is 5. The van der Waals surface area contributed by atoms with E-state index in [1.54, 1.807) is 6.20 Å². The van der Waals surface area contributed by atoms with Crippen LogP contribution in [0.4, 0.5) is 5.69 Å². The van der Waals surface area contributed by atoms with Crippen molar-refractivity contribution < 1.29 is 9.59 Å². The molecule has 22 heavy (non-hydrogen) atoms. The van der Waals surface area contributed by atoms with E-state index in [0.717, 1.165) is 11.3 Å². The zero-order chi connectivity index (χ0) is 16.1. The van der Waals surface area contributed by atoms with Gasteiger partial charge in [0, 0.05) is 24.4 Å². The van der Waals surface area contributed by atoms with E-state index in [2.05, 4.69) is 20.8 Å². The van der Waals surface area contributed by atoms with Gasteiger partial charge in [0.15, 0.2) is 0 Å². The first-order valence-electron chi connectivity index (χ1n) is 7.15. The number of nitrogens with one attached hydrogen (secondary N) is 3. The second-order valence-electron chi connectivity index (χ2n) is 5.46. The quantitative estimate of drug-likeness (QED) is 0.791. The van der Waals surface area contributed by atoms with Gasteiger partial charge in [-0.25, -0.2) is 0 Å². The third kappa shape index (κ3) is 3.94. The van der Waals surface area contributed by atoms with Crippen LogP contribution in [0, 0.1) is 5.92 Å². The molecule has 2 amide bonds.